The van der Waals surface area contributed by atoms with Crippen molar-refractivity contribution in [3.8, 4) is 5.75 Å². The average molecular weight is 284 g/mol. The molecule has 0 saturated heterocycles. The van der Waals surface area contributed by atoms with Gasteiger partial charge in [0.2, 0.25) is 0 Å². The normalized spacial score (nSPS) is 10.6. The van der Waals surface area contributed by atoms with Crippen molar-refractivity contribution in [3.05, 3.63) is 65.0 Å². The number of carboxylic acid groups (broad SMARTS) is 1. The lowest BCUT2D eigenvalue weighted by Crippen LogP contribution is -2.00. The Morgan fingerprint density at radius 2 is 2.05 bits per heavy atom. The van der Waals surface area contributed by atoms with E-state index in [1.165, 1.54) is 4.70 Å². The van der Waals surface area contributed by atoms with E-state index in [1.54, 1.807) is 29.5 Å². The molecule has 20 heavy (non-hydrogen) atoms. The fourth-order valence-electron chi connectivity index (χ4n) is 2.00. The number of benzene rings is 2. The molecule has 1 N–H and O–H groups in total. The van der Waals surface area contributed by atoms with Crippen LogP contribution in [0, 0.1) is 0 Å². The standard InChI is InChI=1S/C16H12O3S/c17-16(18)13-3-1-2-11(8-13)10-19-14-4-5-15-12(9-14)6-7-20-15/h1-9H,10H2,(H,17,18). The molecule has 0 fully saturated rings. The Kier molecular flexibility index (Phi) is 3.39. The van der Waals surface area contributed by atoms with E-state index in [0.29, 0.717) is 6.61 Å². The molecular formula is C16H12O3S. The Bertz CT molecular complexity index is 761. The molecule has 0 amide bonds. The van der Waals surface area contributed by atoms with Crippen LogP contribution in [0.3, 0.4) is 0 Å². The van der Waals surface area contributed by atoms with E-state index >= 15 is 0 Å². The zero-order valence-electron chi connectivity index (χ0n) is 10.6. The minimum atomic E-state index is -0.924. The second kappa shape index (κ2) is 5.35. The van der Waals surface area contributed by atoms with Crippen molar-refractivity contribution in [1.82, 2.24) is 0 Å². The van der Waals surface area contributed by atoms with Crippen LogP contribution in [0.4, 0.5) is 0 Å². The van der Waals surface area contributed by atoms with Crippen LogP contribution >= 0.6 is 11.3 Å². The van der Waals surface area contributed by atoms with Gasteiger partial charge in [0.25, 0.3) is 0 Å². The first kappa shape index (κ1) is 12.7. The summed E-state index contributed by atoms with van der Waals surface area (Å²) in [6.45, 7) is 0.358. The fraction of sp³-hybridized carbons (Fsp3) is 0.0625. The molecule has 3 aromatic rings. The zero-order valence-corrected chi connectivity index (χ0v) is 11.4. The van der Waals surface area contributed by atoms with Crippen molar-refractivity contribution in [2.24, 2.45) is 0 Å². The van der Waals surface area contributed by atoms with Crippen molar-refractivity contribution >= 4 is 27.4 Å². The van der Waals surface area contributed by atoms with Crippen LogP contribution in [0.1, 0.15) is 15.9 Å². The van der Waals surface area contributed by atoms with Gasteiger partial charge in [0.1, 0.15) is 12.4 Å². The summed E-state index contributed by atoms with van der Waals surface area (Å²) >= 11 is 1.69. The lowest BCUT2D eigenvalue weighted by molar-refractivity contribution is 0.0696. The Morgan fingerprint density at radius 1 is 1.15 bits per heavy atom. The maximum atomic E-state index is 10.9. The average Bonchev–Trinajstić information content (AvgIpc) is 2.93. The van der Waals surface area contributed by atoms with Gasteiger partial charge in [-0.15, -0.1) is 11.3 Å². The number of thiophene rings is 1. The maximum Gasteiger partial charge on any atom is 0.335 e. The summed E-state index contributed by atoms with van der Waals surface area (Å²) in [5, 5.41) is 12.2. The van der Waals surface area contributed by atoms with Gasteiger partial charge in [0, 0.05) is 4.70 Å². The number of aromatic carboxylic acids is 1. The predicted octanol–water partition coefficient (Wildman–Crippen LogP) is 4.18. The van der Waals surface area contributed by atoms with Crippen LogP contribution in [0.2, 0.25) is 0 Å². The van der Waals surface area contributed by atoms with Gasteiger partial charge in [-0.05, 0) is 52.7 Å². The summed E-state index contributed by atoms with van der Waals surface area (Å²) < 4.78 is 6.94. The van der Waals surface area contributed by atoms with E-state index in [4.69, 9.17) is 9.84 Å². The summed E-state index contributed by atoms with van der Waals surface area (Å²) in [5.41, 5.74) is 1.12. The highest BCUT2D eigenvalue weighted by Crippen LogP contribution is 2.25. The highest BCUT2D eigenvalue weighted by atomic mass is 32.1. The summed E-state index contributed by atoms with van der Waals surface area (Å²) in [4.78, 5) is 10.9. The predicted molar refractivity (Wildman–Crippen MR) is 79.6 cm³/mol. The third-order valence-electron chi connectivity index (χ3n) is 3.00. The summed E-state index contributed by atoms with van der Waals surface area (Å²) in [5.74, 6) is -0.136. The molecule has 4 heteroatoms. The fourth-order valence-corrected chi connectivity index (χ4v) is 2.77. The number of ether oxygens (including phenoxy) is 1. The van der Waals surface area contributed by atoms with E-state index in [9.17, 15) is 4.79 Å². The Balaban J connectivity index is 1.75. The van der Waals surface area contributed by atoms with Gasteiger partial charge < -0.3 is 9.84 Å². The quantitative estimate of drug-likeness (QED) is 0.781. The van der Waals surface area contributed by atoms with E-state index in [0.717, 1.165) is 16.7 Å². The molecule has 100 valence electrons. The zero-order chi connectivity index (χ0) is 13.9. The first-order valence-electron chi connectivity index (χ1n) is 6.15. The van der Waals surface area contributed by atoms with Gasteiger partial charge >= 0.3 is 5.97 Å². The van der Waals surface area contributed by atoms with Crippen LogP contribution in [-0.4, -0.2) is 11.1 Å². The summed E-state index contributed by atoms with van der Waals surface area (Å²) in [7, 11) is 0. The molecule has 0 aliphatic heterocycles. The Labute approximate surface area is 120 Å². The van der Waals surface area contributed by atoms with Gasteiger partial charge in [0.05, 0.1) is 5.56 Å². The molecule has 3 rings (SSSR count). The lowest BCUT2D eigenvalue weighted by atomic mass is 10.1. The third kappa shape index (κ3) is 2.65. The van der Waals surface area contributed by atoms with E-state index in [2.05, 4.69) is 6.07 Å². The minimum Gasteiger partial charge on any atom is -0.489 e. The molecule has 1 aromatic heterocycles. The van der Waals surface area contributed by atoms with Crippen molar-refractivity contribution in [2.75, 3.05) is 0 Å². The second-order valence-electron chi connectivity index (χ2n) is 4.41. The smallest absolute Gasteiger partial charge is 0.335 e. The van der Waals surface area contributed by atoms with Gasteiger partial charge in [-0.3, -0.25) is 0 Å². The molecule has 0 bridgehead atoms. The van der Waals surface area contributed by atoms with E-state index in [1.807, 2.05) is 29.6 Å². The third-order valence-corrected chi connectivity index (χ3v) is 3.90. The molecule has 0 atom stereocenters. The maximum absolute atomic E-state index is 10.9. The number of carbonyl (C=O) groups is 1. The van der Waals surface area contributed by atoms with Crippen LogP contribution in [-0.2, 0) is 6.61 Å². The number of rotatable bonds is 4. The second-order valence-corrected chi connectivity index (χ2v) is 5.36. The number of hydrogen-bond acceptors (Lipinski definition) is 3. The molecule has 0 saturated carbocycles. The number of carboxylic acids is 1. The first-order valence-corrected chi connectivity index (χ1v) is 7.02. The molecule has 1 heterocycles. The molecule has 0 aliphatic carbocycles. The van der Waals surface area contributed by atoms with E-state index < -0.39 is 5.97 Å². The van der Waals surface area contributed by atoms with Crippen molar-refractivity contribution < 1.29 is 14.6 Å². The lowest BCUT2D eigenvalue weighted by Gasteiger charge is -2.07. The summed E-state index contributed by atoms with van der Waals surface area (Å²) in [6.07, 6.45) is 0. The van der Waals surface area contributed by atoms with Gasteiger partial charge in [0.15, 0.2) is 0 Å². The number of hydrogen-bond donors (Lipinski definition) is 1. The highest BCUT2D eigenvalue weighted by molar-refractivity contribution is 7.17. The first-order chi connectivity index (χ1) is 9.72. The van der Waals surface area contributed by atoms with Gasteiger partial charge in [-0.1, -0.05) is 12.1 Å². The molecule has 0 aliphatic rings. The van der Waals surface area contributed by atoms with Crippen molar-refractivity contribution in [3.63, 3.8) is 0 Å². The van der Waals surface area contributed by atoms with Gasteiger partial charge in [-0.25, -0.2) is 4.79 Å². The molecule has 0 radical (unpaired) electrons. The molecule has 3 nitrogen and oxygen atoms in total. The van der Waals surface area contributed by atoms with Crippen LogP contribution in [0.25, 0.3) is 10.1 Å². The molecule has 0 spiro atoms. The van der Waals surface area contributed by atoms with Crippen LogP contribution in [0.5, 0.6) is 5.75 Å². The van der Waals surface area contributed by atoms with Crippen molar-refractivity contribution in [1.29, 1.82) is 0 Å². The van der Waals surface area contributed by atoms with E-state index in [-0.39, 0.29) is 5.56 Å². The number of fused-ring (bicyclic) bond motifs is 1. The molecule has 0 unspecified atom stereocenters. The molecule has 2 aromatic carbocycles. The minimum absolute atomic E-state index is 0.277. The van der Waals surface area contributed by atoms with Crippen molar-refractivity contribution in [2.45, 2.75) is 6.61 Å². The van der Waals surface area contributed by atoms with Gasteiger partial charge in [-0.2, -0.15) is 0 Å². The highest BCUT2D eigenvalue weighted by Gasteiger charge is 2.04. The molecular weight excluding hydrogens is 272 g/mol. The van der Waals surface area contributed by atoms with Crippen LogP contribution in [0.15, 0.2) is 53.9 Å². The SMILES string of the molecule is O=C(O)c1cccc(COc2ccc3sccc3c2)c1. The monoisotopic (exact) mass is 284 g/mol. The Hall–Kier alpha value is -2.33. The van der Waals surface area contributed by atoms with Crippen LogP contribution < -0.4 is 4.74 Å². The Morgan fingerprint density at radius 3 is 2.90 bits per heavy atom. The summed E-state index contributed by atoms with van der Waals surface area (Å²) in [6, 6.07) is 14.8. The topological polar surface area (TPSA) is 46.5 Å². The largest absolute Gasteiger partial charge is 0.489 e.